The summed E-state index contributed by atoms with van der Waals surface area (Å²) >= 11 is 0. The number of benzene rings is 1. The van der Waals surface area contributed by atoms with Crippen LogP contribution in [0.1, 0.15) is 64.9 Å². The molecule has 1 rings (SSSR count). The Hall–Kier alpha value is -1.15. The van der Waals surface area contributed by atoms with Gasteiger partial charge in [-0.3, -0.25) is 0 Å². The van der Waals surface area contributed by atoms with Gasteiger partial charge in [0.15, 0.2) is 6.29 Å². The van der Waals surface area contributed by atoms with E-state index >= 15 is 0 Å². The summed E-state index contributed by atoms with van der Waals surface area (Å²) in [5, 5.41) is 0. The molecule has 0 fully saturated rings. The van der Waals surface area contributed by atoms with E-state index in [1.807, 2.05) is 12.1 Å². The van der Waals surface area contributed by atoms with Crippen LogP contribution in [0.4, 0.5) is 0 Å². The molecule has 0 aromatic heterocycles. The van der Waals surface area contributed by atoms with Crippen LogP contribution in [0.3, 0.4) is 0 Å². The van der Waals surface area contributed by atoms with Gasteiger partial charge in [0.2, 0.25) is 0 Å². The van der Waals surface area contributed by atoms with Gasteiger partial charge in [-0.1, -0.05) is 51.2 Å². The molecule has 0 spiro atoms. The van der Waals surface area contributed by atoms with Gasteiger partial charge in [0.05, 0.1) is 12.4 Å². The summed E-state index contributed by atoms with van der Waals surface area (Å²) in [7, 11) is -3.64. The highest BCUT2D eigenvalue weighted by molar-refractivity contribution is 7.86. The monoisotopic (exact) mass is 402 g/mol. The Morgan fingerprint density at radius 2 is 1.59 bits per heavy atom. The molecule has 0 aliphatic carbocycles. The van der Waals surface area contributed by atoms with Crippen molar-refractivity contribution in [2.24, 2.45) is 0 Å². The molecule has 0 radical (unpaired) electrons. The standard InChI is InChI=1S/C20H34O6S/c1-4-6-7-8-9-10-11-19-12-14-20(15-13-19)24-17-16-23-18(3)25-26-27(21,22)5-2/h12-15,18H,4-11,16-17H2,1-3H3. The average Bonchev–Trinajstić information content (AvgIpc) is 2.67. The third-order valence-corrected chi connectivity index (χ3v) is 5.07. The van der Waals surface area contributed by atoms with Crippen molar-refractivity contribution in [3.63, 3.8) is 0 Å². The quantitative estimate of drug-likeness (QED) is 0.174. The number of unbranched alkanes of at least 4 members (excludes halogenated alkanes) is 5. The molecule has 156 valence electrons. The fraction of sp³-hybridized carbons (Fsp3) is 0.700. The maximum atomic E-state index is 11.1. The van der Waals surface area contributed by atoms with Crippen molar-refractivity contribution in [3.8, 4) is 5.75 Å². The largest absolute Gasteiger partial charge is 0.491 e. The van der Waals surface area contributed by atoms with Crippen LogP contribution in [0.25, 0.3) is 0 Å². The van der Waals surface area contributed by atoms with Gasteiger partial charge in [-0.2, -0.15) is 13.3 Å². The first-order valence-corrected chi connectivity index (χ1v) is 11.5. The predicted octanol–water partition coefficient (Wildman–Crippen LogP) is 4.63. The fourth-order valence-corrected chi connectivity index (χ4v) is 2.75. The Balaban J connectivity index is 2.13. The molecule has 0 aliphatic rings. The summed E-state index contributed by atoms with van der Waals surface area (Å²) in [6.45, 7) is 5.86. The first kappa shape index (κ1) is 23.9. The Labute approximate surface area is 164 Å². The zero-order chi connectivity index (χ0) is 20.0. The molecule has 0 N–H and O–H groups in total. The van der Waals surface area contributed by atoms with E-state index in [0.29, 0.717) is 6.61 Å². The van der Waals surface area contributed by atoms with E-state index in [1.165, 1.54) is 51.0 Å². The molecule has 0 saturated heterocycles. The third kappa shape index (κ3) is 12.0. The van der Waals surface area contributed by atoms with Crippen molar-refractivity contribution < 1.29 is 27.1 Å². The van der Waals surface area contributed by atoms with Gasteiger partial charge in [-0.25, -0.2) is 0 Å². The van der Waals surface area contributed by atoms with Crippen LogP contribution in [-0.4, -0.2) is 33.7 Å². The van der Waals surface area contributed by atoms with E-state index in [1.54, 1.807) is 6.92 Å². The second-order valence-electron chi connectivity index (χ2n) is 6.46. The average molecular weight is 403 g/mol. The zero-order valence-corrected chi connectivity index (χ0v) is 17.6. The molecule has 0 bridgehead atoms. The highest BCUT2D eigenvalue weighted by Gasteiger charge is 2.12. The zero-order valence-electron chi connectivity index (χ0n) is 16.8. The van der Waals surface area contributed by atoms with E-state index in [2.05, 4.69) is 28.3 Å². The van der Waals surface area contributed by atoms with Crippen LogP contribution in [0, 0.1) is 0 Å². The van der Waals surface area contributed by atoms with Gasteiger partial charge in [0.1, 0.15) is 12.4 Å². The van der Waals surface area contributed by atoms with Crippen molar-refractivity contribution in [2.45, 2.75) is 72.0 Å². The molecule has 0 heterocycles. The Kier molecular flexibility index (Phi) is 12.3. The molecule has 0 saturated carbocycles. The second kappa shape index (κ2) is 13.9. The number of ether oxygens (including phenoxy) is 2. The van der Waals surface area contributed by atoms with Crippen molar-refractivity contribution in [3.05, 3.63) is 29.8 Å². The molecule has 7 heteroatoms. The molecule has 1 aromatic rings. The number of rotatable bonds is 16. The summed E-state index contributed by atoms with van der Waals surface area (Å²) in [5.41, 5.74) is 1.32. The molecule has 6 nitrogen and oxygen atoms in total. The van der Waals surface area contributed by atoms with Gasteiger partial charge in [0, 0.05) is 0 Å². The highest BCUT2D eigenvalue weighted by atomic mass is 32.2. The first-order valence-electron chi connectivity index (χ1n) is 9.87. The Morgan fingerprint density at radius 1 is 0.926 bits per heavy atom. The minimum Gasteiger partial charge on any atom is -0.491 e. The predicted molar refractivity (Wildman–Crippen MR) is 106 cm³/mol. The molecule has 0 amide bonds. The van der Waals surface area contributed by atoms with E-state index in [9.17, 15) is 8.42 Å². The second-order valence-corrected chi connectivity index (χ2v) is 8.29. The van der Waals surface area contributed by atoms with Crippen LogP contribution >= 0.6 is 0 Å². The molecule has 0 aliphatic heterocycles. The molecule has 1 aromatic carbocycles. The summed E-state index contributed by atoms with van der Waals surface area (Å²) < 4.78 is 37.5. The van der Waals surface area contributed by atoms with E-state index in [4.69, 9.17) is 9.47 Å². The summed E-state index contributed by atoms with van der Waals surface area (Å²) in [5.74, 6) is 0.626. The summed E-state index contributed by atoms with van der Waals surface area (Å²) in [4.78, 5) is 4.67. The van der Waals surface area contributed by atoms with Gasteiger partial charge in [0.25, 0.3) is 10.1 Å². The summed E-state index contributed by atoms with van der Waals surface area (Å²) in [6, 6.07) is 8.11. The molecule has 1 atom stereocenters. The van der Waals surface area contributed by atoms with E-state index in [-0.39, 0.29) is 12.4 Å². The lowest BCUT2D eigenvalue weighted by atomic mass is 10.0. The number of hydrogen-bond donors (Lipinski definition) is 0. The normalized spacial score (nSPS) is 12.9. The topological polar surface area (TPSA) is 71.1 Å². The van der Waals surface area contributed by atoms with Crippen LogP contribution in [0.5, 0.6) is 5.75 Å². The van der Waals surface area contributed by atoms with Crippen LogP contribution in [0.15, 0.2) is 24.3 Å². The fourth-order valence-electron chi connectivity index (χ4n) is 2.43. The van der Waals surface area contributed by atoms with Gasteiger partial charge in [-0.15, -0.1) is 4.33 Å². The maximum Gasteiger partial charge on any atom is 0.293 e. The van der Waals surface area contributed by atoms with Crippen LogP contribution < -0.4 is 4.74 Å². The Morgan fingerprint density at radius 3 is 2.26 bits per heavy atom. The first-order chi connectivity index (χ1) is 13.0. The summed E-state index contributed by atoms with van der Waals surface area (Å²) in [6.07, 6.45) is 8.12. The van der Waals surface area contributed by atoms with Gasteiger partial charge >= 0.3 is 0 Å². The van der Waals surface area contributed by atoms with Crippen LogP contribution in [0.2, 0.25) is 0 Å². The molecular formula is C20H34O6S. The molecular weight excluding hydrogens is 368 g/mol. The SMILES string of the molecule is CCCCCCCCc1ccc(OCCOC(C)OOS(=O)(=O)CC)cc1. The van der Waals surface area contributed by atoms with Gasteiger partial charge < -0.3 is 9.47 Å². The molecule has 1 unspecified atom stereocenters. The Bertz CT molecular complexity index is 585. The van der Waals surface area contributed by atoms with Crippen molar-refractivity contribution in [1.82, 2.24) is 0 Å². The maximum absolute atomic E-state index is 11.1. The lowest BCUT2D eigenvalue weighted by Crippen LogP contribution is -2.20. The minimum atomic E-state index is -3.64. The number of hydrogen-bond acceptors (Lipinski definition) is 6. The lowest BCUT2D eigenvalue weighted by Gasteiger charge is -2.13. The van der Waals surface area contributed by atoms with Crippen LogP contribution in [-0.2, 0) is 30.5 Å². The van der Waals surface area contributed by atoms with E-state index in [0.717, 1.165) is 12.2 Å². The highest BCUT2D eigenvalue weighted by Crippen LogP contribution is 2.15. The molecule has 27 heavy (non-hydrogen) atoms. The third-order valence-electron chi connectivity index (χ3n) is 4.08. The van der Waals surface area contributed by atoms with Crippen molar-refractivity contribution in [1.29, 1.82) is 0 Å². The van der Waals surface area contributed by atoms with Crippen molar-refractivity contribution >= 4 is 10.1 Å². The van der Waals surface area contributed by atoms with E-state index < -0.39 is 16.4 Å². The minimum absolute atomic E-state index is 0.155. The van der Waals surface area contributed by atoms with Gasteiger partial charge in [-0.05, 0) is 44.4 Å². The van der Waals surface area contributed by atoms with Crippen molar-refractivity contribution in [2.75, 3.05) is 19.0 Å². The number of aryl methyl sites for hydroxylation is 1. The smallest absolute Gasteiger partial charge is 0.293 e. The lowest BCUT2D eigenvalue weighted by molar-refractivity contribution is -0.310.